The Morgan fingerprint density at radius 3 is 2.54 bits per heavy atom. The predicted molar refractivity (Wildman–Crippen MR) is 85.0 cm³/mol. The van der Waals surface area contributed by atoms with Crippen LogP contribution in [0.2, 0.25) is 0 Å². The number of methoxy groups -OCH3 is 1. The molecule has 0 aliphatic heterocycles. The number of rotatable bonds is 7. The van der Waals surface area contributed by atoms with E-state index in [0.29, 0.717) is 0 Å². The van der Waals surface area contributed by atoms with E-state index in [0.717, 1.165) is 6.07 Å². The van der Waals surface area contributed by atoms with Gasteiger partial charge >= 0.3 is 12.1 Å². The maximum absolute atomic E-state index is 11.7. The van der Waals surface area contributed by atoms with Crippen molar-refractivity contribution in [1.29, 1.82) is 0 Å². The number of ether oxygens (including phenoxy) is 3. The minimum Gasteiger partial charge on any atom is -0.490 e. The summed E-state index contributed by atoms with van der Waals surface area (Å²) < 4.78 is 15.0. The van der Waals surface area contributed by atoms with Gasteiger partial charge in [-0.25, -0.2) is 4.79 Å². The fraction of sp³-hybridized carbons (Fsp3) is 0.467. The topological polar surface area (TPSA) is 117 Å². The van der Waals surface area contributed by atoms with Crippen LogP contribution in [0.4, 0.5) is 16.2 Å². The molecule has 0 fully saturated rings. The molecule has 1 amide bonds. The molecule has 0 atom stereocenters. The van der Waals surface area contributed by atoms with Crippen LogP contribution < -0.4 is 10.1 Å². The van der Waals surface area contributed by atoms with Crippen LogP contribution >= 0.6 is 0 Å². The molecule has 0 aliphatic carbocycles. The number of hydrogen-bond donors (Lipinski definition) is 1. The summed E-state index contributed by atoms with van der Waals surface area (Å²) in [4.78, 5) is 33.5. The van der Waals surface area contributed by atoms with Crippen LogP contribution in [-0.4, -0.2) is 37.3 Å². The number of nitrogens with zero attached hydrogens (tertiary/aromatic N) is 1. The van der Waals surface area contributed by atoms with Gasteiger partial charge in [0.05, 0.1) is 29.7 Å². The third-order valence-electron chi connectivity index (χ3n) is 3.01. The first-order chi connectivity index (χ1) is 11.2. The molecule has 24 heavy (non-hydrogen) atoms. The molecule has 0 heterocycles. The van der Waals surface area contributed by atoms with Gasteiger partial charge in [-0.3, -0.25) is 20.2 Å². The lowest BCUT2D eigenvalue weighted by Gasteiger charge is -2.22. The van der Waals surface area contributed by atoms with E-state index in [4.69, 9.17) is 9.47 Å². The van der Waals surface area contributed by atoms with Crippen LogP contribution in [0.15, 0.2) is 18.2 Å². The number of nitro groups is 1. The number of anilines is 1. The highest BCUT2D eigenvalue weighted by molar-refractivity contribution is 5.87. The highest BCUT2D eigenvalue weighted by Crippen LogP contribution is 2.31. The van der Waals surface area contributed by atoms with Crippen LogP contribution in [0.25, 0.3) is 0 Å². The van der Waals surface area contributed by atoms with E-state index in [9.17, 15) is 19.7 Å². The molecule has 0 spiro atoms. The number of nitrogens with one attached hydrogen (secondary N) is 1. The second kappa shape index (κ2) is 8.14. The number of benzene rings is 1. The molecular formula is C15H20N2O7. The number of amides is 1. The van der Waals surface area contributed by atoms with Crippen molar-refractivity contribution >= 4 is 23.4 Å². The Hall–Kier alpha value is -2.84. The highest BCUT2D eigenvalue weighted by atomic mass is 16.6. The zero-order valence-corrected chi connectivity index (χ0v) is 14.0. The van der Waals surface area contributed by atoms with Crippen LogP contribution in [0.3, 0.4) is 0 Å². The quantitative estimate of drug-likeness (QED) is 0.460. The smallest absolute Gasteiger partial charge is 0.411 e. The minimum atomic E-state index is -0.933. The summed E-state index contributed by atoms with van der Waals surface area (Å²) in [6.45, 7) is 4.98. The van der Waals surface area contributed by atoms with Crippen LogP contribution in [0, 0.1) is 15.5 Å². The SMILES string of the molecule is CCOC(=O)Nc1cc([N+](=O)[O-])ccc1OCC(C)(C)C(=O)OC. The first-order valence-electron chi connectivity index (χ1n) is 7.14. The van der Waals surface area contributed by atoms with E-state index in [1.807, 2.05) is 0 Å². The molecular weight excluding hydrogens is 320 g/mol. The lowest BCUT2D eigenvalue weighted by atomic mass is 9.95. The molecule has 0 aliphatic rings. The minimum absolute atomic E-state index is 0.0466. The lowest BCUT2D eigenvalue weighted by Crippen LogP contribution is -2.32. The van der Waals surface area contributed by atoms with Gasteiger partial charge in [0.1, 0.15) is 12.4 Å². The number of carbonyl (C=O) groups is 2. The van der Waals surface area contributed by atoms with E-state index < -0.39 is 22.4 Å². The van der Waals surface area contributed by atoms with Crippen LogP contribution in [-0.2, 0) is 14.3 Å². The van der Waals surface area contributed by atoms with Crippen molar-refractivity contribution in [3.63, 3.8) is 0 Å². The summed E-state index contributed by atoms with van der Waals surface area (Å²) >= 11 is 0. The molecule has 1 aromatic carbocycles. The number of non-ortho nitro benzene ring substituents is 1. The monoisotopic (exact) mass is 340 g/mol. The number of esters is 1. The summed E-state index contributed by atoms with van der Waals surface area (Å²) in [5.41, 5.74) is -1.08. The Balaban J connectivity index is 3.01. The average molecular weight is 340 g/mol. The maximum Gasteiger partial charge on any atom is 0.411 e. The van der Waals surface area contributed by atoms with Gasteiger partial charge in [-0.2, -0.15) is 0 Å². The van der Waals surface area contributed by atoms with Crippen molar-refractivity contribution < 1.29 is 28.7 Å². The third-order valence-corrected chi connectivity index (χ3v) is 3.01. The summed E-state index contributed by atoms with van der Waals surface area (Å²) in [6, 6.07) is 3.72. The van der Waals surface area contributed by atoms with Gasteiger partial charge in [-0.05, 0) is 26.8 Å². The molecule has 0 aromatic heterocycles. The molecule has 1 rings (SSSR count). The van der Waals surface area contributed by atoms with Gasteiger partial charge in [0.15, 0.2) is 0 Å². The number of carbonyl (C=O) groups excluding carboxylic acids is 2. The van der Waals surface area contributed by atoms with E-state index in [1.165, 1.54) is 19.2 Å². The van der Waals surface area contributed by atoms with Crippen LogP contribution in [0.5, 0.6) is 5.75 Å². The summed E-state index contributed by atoms with van der Waals surface area (Å²) in [6.07, 6.45) is -0.768. The van der Waals surface area contributed by atoms with E-state index >= 15 is 0 Å². The number of hydrogen-bond acceptors (Lipinski definition) is 7. The van der Waals surface area contributed by atoms with Gasteiger partial charge in [0.25, 0.3) is 5.69 Å². The molecule has 0 saturated heterocycles. The molecule has 0 radical (unpaired) electrons. The molecule has 9 heteroatoms. The zero-order chi connectivity index (χ0) is 18.3. The number of nitro benzene ring substituents is 1. The summed E-state index contributed by atoms with van der Waals surface area (Å²) in [5, 5.41) is 13.3. The average Bonchev–Trinajstić information content (AvgIpc) is 2.52. The van der Waals surface area contributed by atoms with Crippen LogP contribution in [0.1, 0.15) is 20.8 Å². The molecule has 1 N–H and O–H groups in total. The van der Waals surface area contributed by atoms with E-state index in [1.54, 1.807) is 20.8 Å². The lowest BCUT2D eigenvalue weighted by molar-refractivity contribution is -0.384. The van der Waals surface area contributed by atoms with E-state index in [2.05, 4.69) is 10.1 Å². The summed E-state index contributed by atoms with van der Waals surface area (Å²) in [5.74, 6) is -0.296. The highest BCUT2D eigenvalue weighted by Gasteiger charge is 2.30. The molecule has 132 valence electrons. The first kappa shape index (κ1) is 19.2. The van der Waals surface area contributed by atoms with Gasteiger partial charge in [-0.1, -0.05) is 0 Å². The Labute approximate surface area is 139 Å². The normalized spacial score (nSPS) is 10.7. The van der Waals surface area contributed by atoms with Crippen molar-refractivity contribution in [1.82, 2.24) is 0 Å². The Morgan fingerprint density at radius 2 is 2.00 bits per heavy atom. The Bertz CT molecular complexity index is 628. The second-order valence-corrected chi connectivity index (χ2v) is 5.45. The van der Waals surface area contributed by atoms with E-state index in [-0.39, 0.29) is 30.3 Å². The van der Waals surface area contributed by atoms with Crippen molar-refractivity contribution in [3.05, 3.63) is 28.3 Å². The molecule has 1 aromatic rings. The van der Waals surface area contributed by atoms with Crippen molar-refractivity contribution in [2.75, 3.05) is 25.6 Å². The fourth-order valence-corrected chi connectivity index (χ4v) is 1.73. The Kier molecular flexibility index (Phi) is 6.51. The molecule has 0 unspecified atom stereocenters. The van der Waals surface area contributed by atoms with Gasteiger partial charge in [-0.15, -0.1) is 0 Å². The second-order valence-electron chi connectivity index (χ2n) is 5.45. The first-order valence-corrected chi connectivity index (χ1v) is 7.14. The molecule has 9 nitrogen and oxygen atoms in total. The van der Waals surface area contributed by atoms with Crippen molar-refractivity contribution in [2.45, 2.75) is 20.8 Å². The predicted octanol–water partition coefficient (Wildman–Crippen LogP) is 2.74. The largest absolute Gasteiger partial charge is 0.490 e. The van der Waals surface area contributed by atoms with Gasteiger partial charge in [0.2, 0.25) is 0 Å². The van der Waals surface area contributed by atoms with Gasteiger partial charge in [0, 0.05) is 12.1 Å². The summed E-state index contributed by atoms with van der Waals surface area (Å²) in [7, 11) is 1.27. The van der Waals surface area contributed by atoms with Crippen molar-refractivity contribution in [3.8, 4) is 5.75 Å². The third kappa shape index (κ3) is 5.11. The van der Waals surface area contributed by atoms with Crippen molar-refractivity contribution in [2.24, 2.45) is 5.41 Å². The molecule has 0 saturated carbocycles. The maximum atomic E-state index is 11.7. The van der Waals surface area contributed by atoms with Gasteiger partial charge < -0.3 is 14.2 Å². The zero-order valence-electron chi connectivity index (χ0n) is 14.0. The molecule has 0 bridgehead atoms. The fourth-order valence-electron chi connectivity index (χ4n) is 1.73. The standard InChI is InChI=1S/C15H20N2O7/c1-5-23-14(19)16-11-8-10(17(20)21)6-7-12(11)24-9-15(2,3)13(18)22-4/h6-8H,5,9H2,1-4H3,(H,16,19). The Morgan fingerprint density at radius 1 is 1.33 bits per heavy atom.